The van der Waals surface area contributed by atoms with Crippen molar-refractivity contribution in [3.63, 3.8) is 0 Å². The Balaban J connectivity index is 2.08. The van der Waals surface area contributed by atoms with Gasteiger partial charge in [-0.15, -0.1) is 5.10 Å². The van der Waals surface area contributed by atoms with Crippen molar-refractivity contribution in [2.75, 3.05) is 0 Å². The van der Waals surface area contributed by atoms with Crippen LogP contribution in [0.2, 0.25) is 5.02 Å². The zero-order valence-corrected chi connectivity index (χ0v) is 10.5. The second kappa shape index (κ2) is 5.27. The van der Waals surface area contributed by atoms with Gasteiger partial charge < -0.3 is 0 Å². The van der Waals surface area contributed by atoms with Crippen molar-refractivity contribution >= 4 is 17.4 Å². The average molecular weight is 268 g/mol. The summed E-state index contributed by atoms with van der Waals surface area (Å²) >= 11 is 5.86. The van der Waals surface area contributed by atoms with Gasteiger partial charge in [0.25, 0.3) is 0 Å². The number of Topliss-reactive ketones (excluding diaryl/α,β-unsaturated/α-hetero) is 1. The topological polar surface area (TPSA) is 47.8 Å². The molecular weight excluding hydrogens is 257 g/mol. The molecule has 0 saturated carbocycles. The van der Waals surface area contributed by atoms with Gasteiger partial charge in [-0.2, -0.15) is 0 Å². The summed E-state index contributed by atoms with van der Waals surface area (Å²) in [6, 6.07) is 4.36. The number of hydrogen-bond donors (Lipinski definition) is 0. The van der Waals surface area contributed by atoms with Crippen LogP contribution in [-0.4, -0.2) is 20.8 Å². The molecule has 4 nitrogen and oxygen atoms in total. The SMILES string of the molecule is Cn1cc(CC(=O)Cc2c(F)cccc2Cl)nn1. The first-order valence-electron chi connectivity index (χ1n) is 5.36. The highest BCUT2D eigenvalue weighted by Gasteiger charge is 2.13. The maximum Gasteiger partial charge on any atom is 0.143 e. The minimum Gasteiger partial charge on any atom is -0.299 e. The third kappa shape index (κ3) is 2.92. The van der Waals surface area contributed by atoms with E-state index >= 15 is 0 Å². The third-order valence-electron chi connectivity index (χ3n) is 2.46. The number of carbonyl (C=O) groups is 1. The van der Waals surface area contributed by atoms with Crippen molar-refractivity contribution in [3.8, 4) is 0 Å². The Morgan fingerprint density at radius 2 is 2.22 bits per heavy atom. The molecule has 0 aliphatic heterocycles. The van der Waals surface area contributed by atoms with Crippen molar-refractivity contribution in [2.24, 2.45) is 7.05 Å². The van der Waals surface area contributed by atoms with E-state index in [0.717, 1.165) is 0 Å². The smallest absolute Gasteiger partial charge is 0.143 e. The van der Waals surface area contributed by atoms with Crippen molar-refractivity contribution in [1.82, 2.24) is 15.0 Å². The van der Waals surface area contributed by atoms with Crippen LogP contribution in [0.5, 0.6) is 0 Å². The van der Waals surface area contributed by atoms with Crippen LogP contribution in [0.3, 0.4) is 0 Å². The van der Waals surface area contributed by atoms with Gasteiger partial charge in [0.1, 0.15) is 11.6 Å². The number of rotatable bonds is 4. The van der Waals surface area contributed by atoms with Crippen LogP contribution in [0.25, 0.3) is 0 Å². The van der Waals surface area contributed by atoms with E-state index in [2.05, 4.69) is 10.3 Å². The zero-order chi connectivity index (χ0) is 13.1. The molecule has 0 bridgehead atoms. The van der Waals surface area contributed by atoms with Gasteiger partial charge in [0, 0.05) is 30.3 Å². The maximum atomic E-state index is 13.5. The van der Waals surface area contributed by atoms with E-state index in [1.54, 1.807) is 19.3 Å². The van der Waals surface area contributed by atoms with Crippen molar-refractivity contribution < 1.29 is 9.18 Å². The van der Waals surface area contributed by atoms with Crippen LogP contribution >= 0.6 is 11.6 Å². The molecule has 1 aromatic carbocycles. The summed E-state index contributed by atoms with van der Waals surface area (Å²) in [5.74, 6) is -0.613. The first-order valence-corrected chi connectivity index (χ1v) is 5.74. The summed E-state index contributed by atoms with van der Waals surface area (Å²) < 4.78 is 15.0. The Kier molecular flexibility index (Phi) is 3.72. The molecule has 0 atom stereocenters. The highest BCUT2D eigenvalue weighted by molar-refractivity contribution is 6.31. The number of benzene rings is 1. The second-order valence-electron chi connectivity index (χ2n) is 3.98. The lowest BCUT2D eigenvalue weighted by molar-refractivity contribution is -0.117. The van der Waals surface area contributed by atoms with E-state index in [4.69, 9.17) is 11.6 Å². The number of hydrogen-bond acceptors (Lipinski definition) is 3. The predicted molar refractivity (Wildman–Crippen MR) is 64.8 cm³/mol. The molecule has 0 aliphatic carbocycles. The van der Waals surface area contributed by atoms with Gasteiger partial charge in [0.05, 0.1) is 12.1 Å². The molecule has 0 amide bonds. The fraction of sp³-hybridized carbons (Fsp3) is 0.250. The Hall–Kier alpha value is -1.75. The van der Waals surface area contributed by atoms with E-state index in [-0.39, 0.29) is 29.2 Å². The van der Waals surface area contributed by atoms with Gasteiger partial charge in [-0.05, 0) is 12.1 Å². The number of aromatic nitrogens is 3. The van der Waals surface area contributed by atoms with Crippen LogP contribution in [-0.2, 0) is 24.7 Å². The number of aryl methyl sites for hydroxylation is 1. The Bertz CT molecular complexity index is 562. The van der Waals surface area contributed by atoms with Crippen molar-refractivity contribution in [3.05, 3.63) is 46.5 Å². The molecule has 18 heavy (non-hydrogen) atoms. The van der Waals surface area contributed by atoms with Gasteiger partial charge in [-0.3, -0.25) is 9.48 Å². The number of halogens is 2. The zero-order valence-electron chi connectivity index (χ0n) is 9.73. The van der Waals surface area contributed by atoms with Crippen LogP contribution < -0.4 is 0 Å². The minimum absolute atomic E-state index is 0.0396. The number of carbonyl (C=O) groups excluding carboxylic acids is 1. The van der Waals surface area contributed by atoms with Gasteiger partial charge in [-0.1, -0.05) is 22.9 Å². The second-order valence-corrected chi connectivity index (χ2v) is 4.38. The van der Waals surface area contributed by atoms with Gasteiger partial charge in [0.15, 0.2) is 0 Å². The molecule has 94 valence electrons. The number of ketones is 1. The van der Waals surface area contributed by atoms with Crippen molar-refractivity contribution in [2.45, 2.75) is 12.8 Å². The summed E-state index contributed by atoms with van der Waals surface area (Å²) in [6.45, 7) is 0. The molecule has 0 unspecified atom stereocenters. The van der Waals surface area contributed by atoms with E-state index < -0.39 is 5.82 Å². The fourth-order valence-electron chi connectivity index (χ4n) is 1.64. The molecule has 0 radical (unpaired) electrons. The third-order valence-corrected chi connectivity index (χ3v) is 2.82. The largest absolute Gasteiger partial charge is 0.299 e. The molecule has 2 rings (SSSR count). The lowest BCUT2D eigenvalue weighted by Crippen LogP contribution is -2.08. The highest BCUT2D eigenvalue weighted by atomic mass is 35.5. The summed E-state index contributed by atoms with van der Waals surface area (Å²) in [6.07, 6.45) is 1.74. The lowest BCUT2D eigenvalue weighted by Gasteiger charge is -2.04. The Morgan fingerprint density at radius 1 is 1.44 bits per heavy atom. The minimum atomic E-state index is -0.463. The molecule has 0 spiro atoms. The van der Waals surface area contributed by atoms with E-state index in [1.807, 2.05) is 0 Å². The lowest BCUT2D eigenvalue weighted by atomic mass is 10.1. The summed E-state index contributed by atoms with van der Waals surface area (Å²) in [5, 5.41) is 7.80. The van der Waals surface area contributed by atoms with E-state index in [0.29, 0.717) is 5.69 Å². The first-order chi connectivity index (χ1) is 8.56. The predicted octanol–water partition coefficient (Wildman–Crippen LogP) is 1.96. The standard InChI is InChI=1S/C12H11ClFN3O/c1-17-7-8(15-16-17)5-9(18)6-10-11(13)3-2-4-12(10)14/h2-4,7H,5-6H2,1H3. The van der Waals surface area contributed by atoms with Crippen LogP contribution in [0, 0.1) is 5.82 Å². The molecule has 0 fully saturated rings. The van der Waals surface area contributed by atoms with E-state index in [1.165, 1.54) is 16.8 Å². The van der Waals surface area contributed by atoms with Gasteiger partial charge in [-0.25, -0.2) is 4.39 Å². The van der Waals surface area contributed by atoms with Crippen LogP contribution in [0.4, 0.5) is 4.39 Å². The fourth-order valence-corrected chi connectivity index (χ4v) is 1.87. The molecule has 1 aromatic heterocycles. The maximum absolute atomic E-state index is 13.5. The normalized spacial score (nSPS) is 10.6. The highest BCUT2D eigenvalue weighted by Crippen LogP contribution is 2.20. The molecule has 0 saturated heterocycles. The Labute approximate surface area is 108 Å². The summed E-state index contributed by atoms with van der Waals surface area (Å²) in [4.78, 5) is 11.8. The Morgan fingerprint density at radius 3 is 2.83 bits per heavy atom. The monoisotopic (exact) mass is 267 g/mol. The molecule has 1 heterocycles. The van der Waals surface area contributed by atoms with Crippen LogP contribution in [0.1, 0.15) is 11.3 Å². The molecular formula is C12H11ClFN3O. The molecule has 0 aliphatic rings. The summed E-state index contributed by atoms with van der Waals surface area (Å²) in [7, 11) is 1.72. The average Bonchev–Trinajstić information content (AvgIpc) is 2.69. The van der Waals surface area contributed by atoms with Gasteiger partial charge >= 0.3 is 0 Å². The molecule has 6 heteroatoms. The molecule has 2 aromatic rings. The van der Waals surface area contributed by atoms with Crippen molar-refractivity contribution in [1.29, 1.82) is 0 Å². The summed E-state index contributed by atoms with van der Waals surface area (Å²) in [5.41, 5.74) is 0.794. The number of nitrogens with zero attached hydrogens (tertiary/aromatic N) is 3. The quantitative estimate of drug-likeness (QED) is 0.851. The van der Waals surface area contributed by atoms with Gasteiger partial charge in [0.2, 0.25) is 0 Å². The first kappa shape index (κ1) is 12.7. The molecule has 0 N–H and O–H groups in total. The van der Waals surface area contributed by atoms with Crippen LogP contribution in [0.15, 0.2) is 24.4 Å². The van der Waals surface area contributed by atoms with E-state index in [9.17, 15) is 9.18 Å².